The van der Waals surface area contributed by atoms with Gasteiger partial charge < -0.3 is 10.6 Å². The summed E-state index contributed by atoms with van der Waals surface area (Å²) in [6.07, 6.45) is 0. The topological polar surface area (TPSA) is 39.7 Å². The molecule has 29 heavy (non-hydrogen) atoms. The van der Waals surface area contributed by atoms with E-state index >= 15 is 0 Å². The highest BCUT2D eigenvalue weighted by Gasteiger charge is 2.25. The number of benzene rings is 3. The molecule has 0 saturated carbocycles. The van der Waals surface area contributed by atoms with Crippen LogP contribution in [0.3, 0.4) is 0 Å². The molecular formula is C23H21ClN4S. The van der Waals surface area contributed by atoms with E-state index in [9.17, 15) is 0 Å². The summed E-state index contributed by atoms with van der Waals surface area (Å²) in [5.41, 5.74) is 3.19. The van der Waals surface area contributed by atoms with E-state index in [-0.39, 0.29) is 6.04 Å². The summed E-state index contributed by atoms with van der Waals surface area (Å²) in [7, 11) is 0. The van der Waals surface area contributed by atoms with Crippen LogP contribution in [-0.2, 0) is 0 Å². The smallest absolute Gasteiger partial charge is 0.201 e. The lowest BCUT2D eigenvalue weighted by Gasteiger charge is -2.27. The average molecular weight is 421 g/mol. The first-order chi connectivity index (χ1) is 14.2. The van der Waals surface area contributed by atoms with Gasteiger partial charge in [-0.25, -0.2) is 0 Å². The molecule has 0 aliphatic carbocycles. The van der Waals surface area contributed by atoms with Gasteiger partial charge in [0.05, 0.1) is 12.6 Å². The number of hydrogen-bond donors (Lipinski definition) is 2. The van der Waals surface area contributed by atoms with Crippen molar-refractivity contribution in [3.05, 3.63) is 101 Å². The zero-order valence-electron chi connectivity index (χ0n) is 15.8. The number of hydrogen-bond acceptors (Lipinski definition) is 3. The number of anilines is 1. The van der Waals surface area contributed by atoms with E-state index in [2.05, 4.69) is 39.9 Å². The fourth-order valence-electron chi connectivity index (χ4n) is 3.30. The third kappa shape index (κ3) is 4.75. The van der Waals surface area contributed by atoms with Crippen LogP contribution in [-0.4, -0.2) is 29.1 Å². The average Bonchev–Trinajstić information content (AvgIpc) is 3.22. The Morgan fingerprint density at radius 1 is 0.931 bits per heavy atom. The molecule has 1 heterocycles. The molecule has 0 atom stereocenters. The molecule has 0 radical (unpaired) electrons. The van der Waals surface area contributed by atoms with Gasteiger partial charge in [-0.3, -0.25) is 9.89 Å². The summed E-state index contributed by atoms with van der Waals surface area (Å²) in [6.45, 7) is 1.42. The molecule has 0 fully saturated rings. The molecule has 0 aromatic heterocycles. The molecule has 4 rings (SSSR count). The Labute approximate surface area is 181 Å². The highest BCUT2D eigenvalue weighted by molar-refractivity contribution is 7.80. The Bertz CT molecular complexity index is 968. The molecule has 0 bridgehead atoms. The van der Waals surface area contributed by atoms with Gasteiger partial charge in [-0.05, 0) is 41.5 Å². The number of nitrogens with zero attached hydrogens (tertiary/aromatic N) is 2. The van der Waals surface area contributed by atoms with Crippen LogP contribution in [0.1, 0.15) is 17.2 Å². The Morgan fingerprint density at radius 3 is 2.21 bits per heavy atom. The first kappa shape index (κ1) is 19.4. The second kappa shape index (κ2) is 9.07. The van der Waals surface area contributed by atoms with Crippen molar-refractivity contribution in [3.63, 3.8) is 0 Å². The van der Waals surface area contributed by atoms with Crippen LogP contribution in [0.4, 0.5) is 5.69 Å². The molecule has 6 heteroatoms. The summed E-state index contributed by atoms with van der Waals surface area (Å²) in [4.78, 5) is 6.66. The predicted molar refractivity (Wildman–Crippen MR) is 125 cm³/mol. The van der Waals surface area contributed by atoms with Crippen molar-refractivity contribution in [2.45, 2.75) is 6.04 Å². The van der Waals surface area contributed by atoms with Gasteiger partial charge in [-0.15, -0.1) is 0 Å². The predicted octanol–water partition coefficient (Wildman–Crippen LogP) is 5.09. The molecule has 4 nitrogen and oxygen atoms in total. The Kier molecular flexibility index (Phi) is 6.08. The van der Waals surface area contributed by atoms with Crippen LogP contribution in [0, 0.1) is 0 Å². The SMILES string of the molecule is S=C(Nc1cccc(Cl)c1)N1CCN=C1NC(c1ccccc1)c1ccccc1. The molecular weight excluding hydrogens is 400 g/mol. The lowest BCUT2D eigenvalue weighted by Crippen LogP contribution is -2.45. The Balaban J connectivity index is 1.55. The van der Waals surface area contributed by atoms with Gasteiger partial charge in [0.2, 0.25) is 5.96 Å². The lowest BCUT2D eigenvalue weighted by molar-refractivity contribution is 0.623. The molecule has 2 N–H and O–H groups in total. The zero-order valence-corrected chi connectivity index (χ0v) is 17.3. The van der Waals surface area contributed by atoms with E-state index in [1.165, 1.54) is 11.1 Å². The van der Waals surface area contributed by atoms with Crippen LogP contribution in [0.2, 0.25) is 5.02 Å². The monoisotopic (exact) mass is 420 g/mol. The Hall–Kier alpha value is -2.89. The summed E-state index contributed by atoms with van der Waals surface area (Å²) < 4.78 is 0. The number of guanidine groups is 1. The van der Waals surface area contributed by atoms with Crippen molar-refractivity contribution in [2.24, 2.45) is 4.99 Å². The van der Waals surface area contributed by atoms with Crippen molar-refractivity contribution in [3.8, 4) is 0 Å². The quantitative estimate of drug-likeness (QED) is 0.577. The van der Waals surface area contributed by atoms with Crippen LogP contribution < -0.4 is 10.6 Å². The lowest BCUT2D eigenvalue weighted by atomic mass is 9.99. The minimum Gasteiger partial charge on any atom is -0.345 e. The summed E-state index contributed by atoms with van der Waals surface area (Å²) in [5.74, 6) is 0.766. The summed E-state index contributed by atoms with van der Waals surface area (Å²) in [6, 6.07) is 28.2. The molecule has 0 amide bonds. The van der Waals surface area contributed by atoms with Crippen molar-refractivity contribution in [1.82, 2.24) is 10.2 Å². The van der Waals surface area contributed by atoms with Crippen LogP contribution >= 0.6 is 23.8 Å². The number of rotatable bonds is 4. The Morgan fingerprint density at radius 2 is 1.59 bits per heavy atom. The molecule has 1 aliphatic heterocycles. The minimum absolute atomic E-state index is 0.0225. The number of halogens is 1. The number of aliphatic imine (C=N–C) groups is 1. The van der Waals surface area contributed by atoms with Gasteiger partial charge in [-0.1, -0.05) is 78.3 Å². The van der Waals surface area contributed by atoms with E-state index in [4.69, 9.17) is 23.8 Å². The summed E-state index contributed by atoms with van der Waals surface area (Å²) in [5, 5.41) is 8.12. The molecule has 0 unspecified atom stereocenters. The first-order valence-electron chi connectivity index (χ1n) is 9.46. The minimum atomic E-state index is -0.0225. The van der Waals surface area contributed by atoms with E-state index in [0.717, 1.165) is 18.2 Å². The van der Waals surface area contributed by atoms with Crippen molar-refractivity contribution in [2.75, 3.05) is 18.4 Å². The largest absolute Gasteiger partial charge is 0.345 e. The summed E-state index contributed by atoms with van der Waals surface area (Å²) >= 11 is 11.7. The van der Waals surface area contributed by atoms with Gasteiger partial charge in [0.15, 0.2) is 5.11 Å². The second-order valence-corrected chi connectivity index (χ2v) is 7.52. The van der Waals surface area contributed by atoms with Crippen molar-refractivity contribution >= 4 is 40.6 Å². The van der Waals surface area contributed by atoms with Crippen LogP contribution in [0.25, 0.3) is 0 Å². The van der Waals surface area contributed by atoms with E-state index < -0.39 is 0 Å². The van der Waals surface area contributed by atoms with E-state index in [0.29, 0.717) is 16.7 Å². The number of thiocarbonyl (C=S) groups is 1. The molecule has 3 aromatic carbocycles. The van der Waals surface area contributed by atoms with Gasteiger partial charge in [-0.2, -0.15) is 0 Å². The van der Waals surface area contributed by atoms with Crippen LogP contribution in [0.5, 0.6) is 0 Å². The third-order valence-corrected chi connectivity index (χ3v) is 5.26. The molecule has 0 saturated heterocycles. The van der Waals surface area contributed by atoms with Crippen molar-refractivity contribution in [1.29, 1.82) is 0 Å². The molecule has 1 aliphatic rings. The maximum absolute atomic E-state index is 6.09. The first-order valence-corrected chi connectivity index (χ1v) is 10.2. The number of nitrogens with one attached hydrogen (secondary N) is 2. The molecule has 3 aromatic rings. The fourth-order valence-corrected chi connectivity index (χ4v) is 3.79. The third-order valence-electron chi connectivity index (χ3n) is 4.70. The normalized spacial score (nSPS) is 13.3. The van der Waals surface area contributed by atoms with Gasteiger partial charge >= 0.3 is 0 Å². The van der Waals surface area contributed by atoms with Crippen LogP contribution in [0.15, 0.2) is 89.9 Å². The van der Waals surface area contributed by atoms with Gasteiger partial charge in [0, 0.05) is 17.3 Å². The maximum Gasteiger partial charge on any atom is 0.201 e. The standard InChI is InChI=1S/C23H21ClN4S/c24-19-12-7-13-20(16-19)26-23(29)28-15-14-25-22(28)27-21(17-8-3-1-4-9-17)18-10-5-2-6-11-18/h1-13,16,21H,14-15H2,(H,25,27)(H,26,29). The van der Waals surface area contributed by atoms with Gasteiger partial charge in [0.25, 0.3) is 0 Å². The molecule has 146 valence electrons. The van der Waals surface area contributed by atoms with Crippen molar-refractivity contribution < 1.29 is 0 Å². The highest BCUT2D eigenvalue weighted by Crippen LogP contribution is 2.23. The van der Waals surface area contributed by atoms with Gasteiger partial charge in [0.1, 0.15) is 0 Å². The highest BCUT2D eigenvalue weighted by atomic mass is 35.5. The fraction of sp³-hybridized carbons (Fsp3) is 0.130. The van der Waals surface area contributed by atoms with E-state index in [1.54, 1.807) is 0 Å². The molecule has 0 spiro atoms. The van der Waals surface area contributed by atoms with E-state index in [1.807, 2.05) is 65.6 Å². The zero-order chi connectivity index (χ0) is 20.1. The second-order valence-electron chi connectivity index (χ2n) is 6.70. The maximum atomic E-state index is 6.09.